The predicted octanol–water partition coefficient (Wildman–Crippen LogP) is 3.29. The Morgan fingerprint density at radius 2 is 1.86 bits per heavy atom. The van der Waals surface area contributed by atoms with Crippen molar-refractivity contribution >= 4 is 39.9 Å². The zero-order valence-electron chi connectivity index (χ0n) is 18.5. The van der Waals surface area contributed by atoms with Gasteiger partial charge in [0.2, 0.25) is 5.96 Å². The molecule has 9 nitrogen and oxygen atoms in total. The van der Waals surface area contributed by atoms with Crippen LogP contribution in [-0.2, 0) is 6.54 Å². The van der Waals surface area contributed by atoms with Gasteiger partial charge in [0.05, 0.1) is 41.3 Å². The van der Waals surface area contributed by atoms with Crippen LogP contribution in [0.3, 0.4) is 0 Å². The molecule has 0 radical (unpaired) electrons. The predicted molar refractivity (Wildman–Crippen MR) is 134 cm³/mol. The molecular formula is C25H20FN9. The van der Waals surface area contributed by atoms with Gasteiger partial charge < -0.3 is 11.5 Å². The van der Waals surface area contributed by atoms with Crippen molar-refractivity contribution in [3.8, 4) is 11.3 Å². The van der Waals surface area contributed by atoms with Crippen molar-refractivity contribution < 1.29 is 4.39 Å². The van der Waals surface area contributed by atoms with Crippen molar-refractivity contribution in [2.75, 3.05) is 12.3 Å². The van der Waals surface area contributed by atoms with Gasteiger partial charge in [0.25, 0.3) is 0 Å². The van der Waals surface area contributed by atoms with Crippen LogP contribution < -0.4 is 11.5 Å². The molecule has 0 aliphatic carbocycles. The summed E-state index contributed by atoms with van der Waals surface area (Å²) >= 11 is 0. The number of anilines is 1. The van der Waals surface area contributed by atoms with E-state index in [4.69, 9.17) is 21.5 Å². The van der Waals surface area contributed by atoms with Crippen molar-refractivity contribution in [2.24, 2.45) is 15.7 Å². The summed E-state index contributed by atoms with van der Waals surface area (Å²) in [6.45, 7) is 0.692. The van der Waals surface area contributed by atoms with Crippen LogP contribution in [0, 0.1) is 5.82 Å². The molecule has 1 aliphatic heterocycles. The average molecular weight is 465 g/mol. The Hall–Kier alpha value is -4.73. The van der Waals surface area contributed by atoms with Crippen molar-refractivity contribution in [1.82, 2.24) is 24.7 Å². The monoisotopic (exact) mass is 465 g/mol. The molecule has 0 saturated heterocycles. The number of para-hydroxylation sites is 1. The van der Waals surface area contributed by atoms with Gasteiger partial charge in [-0.25, -0.2) is 29.0 Å². The molecule has 4 heterocycles. The quantitative estimate of drug-likeness (QED) is 0.418. The molecule has 0 bridgehead atoms. The first-order valence-electron chi connectivity index (χ1n) is 11.0. The third-order valence-corrected chi connectivity index (χ3v) is 6.03. The van der Waals surface area contributed by atoms with E-state index in [1.807, 2.05) is 30.3 Å². The second-order valence-electron chi connectivity index (χ2n) is 8.25. The maximum Gasteiger partial charge on any atom is 0.214 e. The number of guanidine groups is 1. The Labute approximate surface area is 199 Å². The Bertz CT molecular complexity index is 1650. The minimum absolute atomic E-state index is 0.222. The normalized spacial score (nSPS) is 15.6. The maximum atomic E-state index is 14.8. The summed E-state index contributed by atoms with van der Waals surface area (Å²) < 4.78 is 16.6. The van der Waals surface area contributed by atoms with Crippen LogP contribution in [-0.4, -0.2) is 43.5 Å². The summed E-state index contributed by atoms with van der Waals surface area (Å²) in [5.41, 5.74) is 15.7. The van der Waals surface area contributed by atoms with E-state index in [2.05, 4.69) is 20.0 Å². The fourth-order valence-electron chi connectivity index (χ4n) is 4.36. The maximum absolute atomic E-state index is 14.8. The number of nitrogen functional groups attached to an aromatic ring is 1. The lowest BCUT2D eigenvalue weighted by molar-refractivity contribution is 0.629. The molecule has 1 atom stereocenters. The largest absolute Gasteiger partial charge is 0.383 e. The first-order chi connectivity index (χ1) is 17.1. The lowest BCUT2D eigenvalue weighted by atomic mass is 10.0. The van der Waals surface area contributed by atoms with E-state index in [0.717, 1.165) is 16.5 Å². The van der Waals surface area contributed by atoms with E-state index in [1.54, 1.807) is 29.1 Å². The van der Waals surface area contributed by atoms with Gasteiger partial charge in [-0.05, 0) is 24.3 Å². The number of fused-ring (bicyclic) bond motifs is 2. The molecule has 172 valence electrons. The molecule has 0 saturated carbocycles. The van der Waals surface area contributed by atoms with Crippen LogP contribution in [0.5, 0.6) is 0 Å². The topological polar surface area (TPSA) is 133 Å². The zero-order chi connectivity index (χ0) is 23.9. The van der Waals surface area contributed by atoms with Crippen LogP contribution in [0.1, 0.15) is 17.2 Å². The third-order valence-electron chi connectivity index (χ3n) is 6.03. The highest BCUT2D eigenvalue weighted by molar-refractivity contribution is 5.95. The molecule has 0 amide bonds. The van der Waals surface area contributed by atoms with Gasteiger partial charge in [0.15, 0.2) is 5.65 Å². The van der Waals surface area contributed by atoms with Crippen LogP contribution in [0.25, 0.3) is 33.2 Å². The molecule has 1 aliphatic rings. The van der Waals surface area contributed by atoms with Crippen LogP contribution in [0.4, 0.5) is 10.2 Å². The van der Waals surface area contributed by atoms with Gasteiger partial charge in [0.1, 0.15) is 18.0 Å². The van der Waals surface area contributed by atoms with Gasteiger partial charge in [-0.3, -0.25) is 4.99 Å². The summed E-state index contributed by atoms with van der Waals surface area (Å²) in [5.74, 6) is -0.0211. The van der Waals surface area contributed by atoms with E-state index in [0.29, 0.717) is 46.9 Å². The Morgan fingerprint density at radius 1 is 1.03 bits per heavy atom. The Balaban J connectivity index is 1.53. The number of halogens is 1. The molecule has 2 aromatic carbocycles. The molecule has 1 unspecified atom stereocenters. The summed E-state index contributed by atoms with van der Waals surface area (Å²) in [6, 6.07) is 16.4. The highest BCUT2D eigenvalue weighted by atomic mass is 19.1. The van der Waals surface area contributed by atoms with Crippen LogP contribution in [0.2, 0.25) is 0 Å². The molecule has 5 aromatic rings. The number of nitrogens with two attached hydrogens (primary N) is 2. The highest BCUT2D eigenvalue weighted by Gasteiger charge is 2.24. The summed E-state index contributed by atoms with van der Waals surface area (Å²) in [5, 5.41) is 6.42. The zero-order valence-corrected chi connectivity index (χ0v) is 18.5. The van der Waals surface area contributed by atoms with E-state index in [1.165, 1.54) is 12.4 Å². The standard InChI is InChI=1S/C25H20FN9/c26-18-7-3-2-6-17(18)21-15(9-14-5-1-4-8-19(14)33-21)12-35-24-20(23(27)31-13-32-24)22(34-35)16-10-29-25(28)30-11-16/h1-10,13,16H,11-12H2,(H2,28,30)(H2,27,31,32). The van der Waals surface area contributed by atoms with Crippen LogP contribution in [0.15, 0.2) is 70.9 Å². The highest BCUT2D eigenvalue weighted by Crippen LogP contribution is 2.31. The fourth-order valence-corrected chi connectivity index (χ4v) is 4.36. The average Bonchev–Trinajstić information content (AvgIpc) is 3.24. The van der Waals surface area contributed by atoms with E-state index in [-0.39, 0.29) is 17.7 Å². The molecule has 0 spiro atoms. The molecule has 35 heavy (non-hydrogen) atoms. The molecule has 3 aromatic heterocycles. The minimum atomic E-state index is -0.344. The first-order valence-corrected chi connectivity index (χ1v) is 11.0. The van der Waals surface area contributed by atoms with Crippen molar-refractivity contribution in [3.63, 3.8) is 0 Å². The van der Waals surface area contributed by atoms with E-state index >= 15 is 0 Å². The second-order valence-corrected chi connectivity index (χ2v) is 8.25. The lowest BCUT2D eigenvalue weighted by Crippen LogP contribution is -2.19. The van der Waals surface area contributed by atoms with Gasteiger partial charge in [-0.2, -0.15) is 5.10 Å². The van der Waals surface area contributed by atoms with Gasteiger partial charge in [-0.1, -0.05) is 30.3 Å². The van der Waals surface area contributed by atoms with E-state index < -0.39 is 0 Å². The second kappa shape index (κ2) is 8.24. The number of pyridine rings is 1. The lowest BCUT2D eigenvalue weighted by Gasteiger charge is -2.13. The SMILES string of the molecule is NC1=NCC(c2nn(Cc3cc4ccccc4nc3-c3ccccc3F)c3ncnc(N)c23)C=N1. The Morgan fingerprint density at radius 3 is 2.69 bits per heavy atom. The summed E-state index contributed by atoms with van der Waals surface area (Å²) in [6.07, 6.45) is 3.12. The van der Waals surface area contributed by atoms with E-state index in [9.17, 15) is 4.39 Å². The van der Waals surface area contributed by atoms with Crippen molar-refractivity contribution in [1.29, 1.82) is 0 Å². The van der Waals surface area contributed by atoms with Gasteiger partial charge in [0, 0.05) is 22.7 Å². The molecule has 6 rings (SSSR count). The number of aliphatic imine (C=N–C) groups is 2. The van der Waals surface area contributed by atoms with Crippen molar-refractivity contribution in [2.45, 2.75) is 12.5 Å². The van der Waals surface area contributed by atoms with Gasteiger partial charge in [-0.15, -0.1) is 0 Å². The molecular weight excluding hydrogens is 445 g/mol. The number of rotatable bonds is 4. The number of nitrogens with zero attached hydrogens (tertiary/aromatic N) is 7. The number of aromatic nitrogens is 5. The first kappa shape index (κ1) is 20.8. The summed E-state index contributed by atoms with van der Waals surface area (Å²) in [7, 11) is 0. The molecule has 0 fully saturated rings. The third kappa shape index (κ3) is 3.65. The number of hydrogen-bond acceptors (Lipinski definition) is 8. The van der Waals surface area contributed by atoms with Gasteiger partial charge >= 0.3 is 0 Å². The number of hydrogen-bond donors (Lipinski definition) is 2. The number of benzene rings is 2. The smallest absolute Gasteiger partial charge is 0.214 e. The van der Waals surface area contributed by atoms with Crippen LogP contribution >= 0.6 is 0 Å². The molecule has 4 N–H and O–H groups in total. The summed E-state index contributed by atoms with van der Waals surface area (Å²) in [4.78, 5) is 21.8. The fraction of sp³-hybridized carbons (Fsp3) is 0.120. The Kier molecular flexibility index (Phi) is 4.91. The van der Waals surface area contributed by atoms with Crippen molar-refractivity contribution in [3.05, 3.63) is 78.0 Å². The molecule has 10 heteroatoms. The minimum Gasteiger partial charge on any atom is -0.383 e.